The monoisotopic (exact) mass is 256 g/mol. The van der Waals surface area contributed by atoms with Crippen LogP contribution < -0.4 is 5.73 Å². The molecular formula is C15H20N4. The van der Waals surface area contributed by atoms with Crippen LogP contribution in [0.1, 0.15) is 30.6 Å². The molecule has 4 heteroatoms. The Morgan fingerprint density at radius 3 is 3.00 bits per heavy atom. The zero-order valence-electron chi connectivity index (χ0n) is 11.3. The fourth-order valence-electron chi connectivity index (χ4n) is 2.97. The fourth-order valence-corrected chi connectivity index (χ4v) is 2.97. The number of hydrogen-bond donors (Lipinski definition) is 1. The maximum atomic E-state index is 5.96. The van der Waals surface area contributed by atoms with E-state index in [1.807, 2.05) is 6.07 Å². The van der Waals surface area contributed by atoms with Gasteiger partial charge in [0.15, 0.2) is 0 Å². The Balaban J connectivity index is 1.84. The molecule has 0 bridgehead atoms. The molecule has 0 saturated carbocycles. The Bertz CT molecular complexity index is 561. The van der Waals surface area contributed by atoms with Gasteiger partial charge in [-0.2, -0.15) is 0 Å². The fraction of sp³-hybridized carbons (Fsp3) is 0.400. The van der Waals surface area contributed by atoms with E-state index < -0.39 is 0 Å². The van der Waals surface area contributed by atoms with Gasteiger partial charge in [-0.25, -0.2) is 4.98 Å². The minimum Gasteiger partial charge on any atom is -0.383 e. The van der Waals surface area contributed by atoms with Gasteiger partial charge in [0.1, 0.15) is 5.82 Å². The first-order chi connectivity index (χ1) is 9.29. The molecule has 0 aliphatic carbocycles. The molecule has 0 fully saturated rings. The molecule has 2 aromatic rings. The number of rotatable bonds is 3. The maximum Gasteiger partial charge on any atom is 0.127 e. The second-order valence-corrected chi connectivity index (χ2v) is 5.07. The van der Waals surface area contributed by atoms with Crippen LogP contribution in [0.25, 0.3) is 0 Å². The number of aromatic nitrogens is 2. The van der Waals surface area contributed by atoms with Crippen LogP contribution in [-0.2, 0) is 13.1 Å². The number of hydrogen-bond acceptors (Lipinski definition) is 3. The zero-order chi connectivity index (χ0) is 13.2. The van der Waals surface area contributed by atoms with Gasteiger partial charge in [-0.05, 0) is 24.6 Å². The van der Waals surface area contributed by atoms with Gasteiger partial charge in [0, 0.05) is 43.3 Å². The number of anilines is 1. The van der Waals surface area contributed by atoms with E-state index in [9.17, 15) is 0 Å². The third-order valence-electron chi connectivity index (χ3n) is 3.96. The summed E-state index contributed by atoms with van der Waals surface area (Å²) in [5, 5.41) is 0. The molecule has 0 radical (unpaired) electrons. The minimum absolute atomic E-state index is 0.475. The van der Waals surface area contributed by atoms with E-state index >= 15 is 0 Å². The summed E-state index contributed by atoms with van der Waals surface area (Å²) < 4.78 is 2.36. The summed E-state index contributed by atoms with van der Waals surface area (Å²) in [7, 11) is 0. The lowest BCUT2D eigenvalue weighted by Gasteiger charge is -2.36. The van der Waals surface area contributed by atoms with E-state index in [1.54, 1.807) is 6.20 Å². The highest BCUT2D eigenvalue weighted by molar-refractivity contribution is 5.38. The Kier molecular flexibility index (Phi) is 3.25. The Hall–Kier alpha value is -1.81. The number of fused-ring (bicyclic) bond motifs is 1. The van der Waals surface area contributed by atoms with Crippen LogP contribution >= 0.6 is 0 Å². The first-order valence-electron chi connectivity index (χ1n) is 6.88. The number of pyridine rings is 1. The molecule has 3 rings (SSSR count). The molecule has 100 valence electrons. The highest BCUT2D eigenvalue weighted by atomic mass is 15.2. The SMILES string of the molecule is CC[C@H]1c2cccn2CCN1Cc1cccnc1N. The first kappa shape index (κ1) is 12.2. The predicted octanol–water partition coefficient (Wildman–Crippen LogP) is 2.43. The van der Waals surface area contributed by atoms with Gasteiger partial charge in [-0.3, -0.25) is 4.90 Å². The summed E-state index contributed by atoms with van der Waals surface area (Å²) in [5.41, 5.74) is 8.50. The summed E-state index contributed by atoms with van der Waals surface area (Å²) in [6.07, 6.45) is 5.04. The van der Waals surface area contributed by atoms with Gasteiger partial charge >= 0.3 is 0 Å². The van der Waals surface area contributed by atoms with Crippen LogP contribution in [0.5, 0.6) is 0 Å². The van der Waals surface area contributed by atoms with Crippen LogP contribution in [0.15, 0.2) is 36.7 Å². The second kappa shape index (κ2) is 5.05. The molecule has 0 amide bonds. The van der Waals surface area contributed by atoms with Crippen molar-refractivity contribution in [3.05, 3.63) is 47.9 Å². The average Bonchev–Trinajstić information content (AvgIpc) is 2.89. The molecule has 2 aromatic heterocycles. The van der Waals surface area contributed by atoms with E-state index in [-0.39, 0.29) is 0 Å². The van der Waals surface area contributed by atoms with Gasteiger partial charge in [-0.15, -0.1) is 0 Å². The number of nitrogens with two attached hydrogens (primary N) is 1. The van der Waals surface area contributed by atoms with Gasteiger partial charge < -0.3 is 10.3 Å². The van der Waals surface area contributed by atoms with Crippen molar-refractivity contribution in [2.45, 2.75) is 32.5 Å². The molecule has 1 atom stereocenters. The predicted molar refractivity (Wildman–Crippen MR) is 76.5 cm³/mol. The van der Waals surface area contributed by atoms with Gasteiger partial charge in [0.2, 0.25) is 0 Å². The summed E-state index contributed by atoms with van der Waals surface area (Å²) in [6.45, 7) is 5.24. The lowest BCUT2D eigenvalue weighted by atomic mass is 10.1. The van der Waals surface area contributed by atoms with Crippen molar-refractivity contribution in [1.29, 1.82) is 0 Å². The van der Waals surface area contributed by atoms with Crippen molar-refractivity contribution in [2.24, 2.45) is 0 Å². The van der Waals surface area contributed by atoms with Crippen molar-refractivity contribution in [1.82, 2.24) is 14.5 Å². The van der Waals surface area contributed by atoms with E-state index in [4.69, 9.17) is 5.73 Å². The molecule has 0 unspecified atom stereocenters. The lowest BCUT2D eigenvalue weighted by molar-refractivity contribution is 0.144. The van der Waals surface area contributed by atoms with E-state index in [1.165, 1.54) is 5.69 Å². The second-order valence-electron chi connectivity index (χ2n) is 5.07. The van der Waals surface area contributed by atoms with E-state index in [2.05, 4.69) is 45.8 Å². The number of nitrogen functional groups attached to an aromatic ring is 1. The first-order valence-corrected chi connectivity index (χ1v) is 6.88. The van der Waals surface area contributed by atoms with Crippen LogP contribution in [0.3, 0.4) is 0 Å². The van der Waals surface area contributed by atoms with Gasteiger partial charge in [-0.1, -0.05) is 13.0 Å². The molecule has 19 heavy (non-hydrogen) atoms. The van der Waals surface area contributed by atoms with Gasteiger partial charge in [0.05, 0.1) is 6.04 Å². The Morgan fingerprint density at radius 2 is 2.21 bits per heavy atom. The highest BCUT2D eigenvalue weighted by Crippen LogP contribution is 2.30. The molecule has 4 nitrogen and oxygen atoms in total. The average molecular weight is 256 g/mol. The lowest BCUT2D eigenvalue weighted by Crippen LogP contribution is -2.37. The van der Waals surface area contributed by atoms with Crippen LogP contribution in [-0.4, -0.2) is 21.0 Å². The molecule has 0 aromatic carbocycles. The van der Waals surface area contributed by atoms with E-state index in [0.717, 1.165) is 31.6 Å². The van der Waals surface area contributed by atoms with Crippen molar-refractivity contribution in [3.63, 3.8) is 0 Å². The molecule has 3 heterocycles. The molecule has 0 saturated heterocycles. The van der Waals surface area contributed by atoms with Crippen molar-refractivity contribution < 1.29 is 0 Å². The molecule has 1 aliphatic heterocycles. The Morgan fingerprint density at radius 1 is 1.32 bits per heavy atom. The summed E-state index contributed by atoms with van der Waals surface area (Å²) in [6, 6.07) is 8.87. The molecule has 0 spiro atoms. The smallest absolute Gasteiger partial charge is 0.127 e. The van der Waals surface area contributed by atoms with Gasteiger partial charge in [0.25, 0.3) is 0 Å². The number of nitrogens with zero attached hydrogens (tertiary/aromatic N) is 3. The van der Waals surface area contributed by atoms with Crippen LogP contribution in [0.4, 0.5) is 5.82 Å². The molecular weight excluding hydrogens is 236 g/mol. The molecule has 1 aliphatic rings. The maximum absolute atomic E-state index is 5.96. The van der Waals surface area contributed by atoms with E-state index in [0.29, 0.717) is 11.9 Å². The minimum atomic E-state index is 0.475. The third-order valence-corrected chi connectivity index (χ3v) is 3.96. The van der Waals surface area contributed by atoms with Crippen molar-refractivity contribution in [2.75, 3.05) is 12.3 Å². The van der Waals surface area contributed by atoms with Crippen LogP contribution in [0.2, 0.25) is 0 Å². The largest absolute Gasteiger partial charge is 0.383 e. The molecule has 2 N–H and O–H groups in total. The summed E-state index contributed by atoms with van der Waals surface area (Å²) in [4.78, 5) is 6.68. The Labute approximate surface area is 113 Å². The zero-order valence-corrected chi connectivity index (χ0v) is 11.3. The van der Waals surface area contributed by atoms with Crippen molar-refractivity contribution >= 4 is 5.82 Å². The van der Waals surface area contributed by atoms with Crippen LogP contribution in [0, 0.1) is 0 Å². The standard InChI is InChI=1S/C15H20N4/c1-2-13-14-6-4-8-18(14)9-10-19(13)11-12-5-3-7-17-15(12)16/h3-8,13H,2,9-11H2,1H3,(H2,16,17)/t13-/m0/s1. The third kappa shape index (κ3) is 2.24. The quantitative estimate of drug-likeness (QED) is 0.917. The highest BCUT2D eigenvalue weighted by Gasteiger charge is 2.26. The summed E-state index contributed by atoms with van der Waals surface area (Å²) >= 11 is 0. The van der Waals surface area contributed by atoms with Crippen molar-refractivity contribution in [3.8, 4) is 0 Å². The normalized spacial score (nSPS) is 19.3. The topological polar surface area (TPSA) is 47.1 Å². The summed E-state index contributed by atoms with van der Waals surface area (Å²) in [5.74, 6) is 0.651.